The van der Waals surface area contributed by atoms with Crippen molar-refractivity contribution in [3.05, 3.63) is 125 Å². The Balaban J connectivity index is 1.81. The predicted octanol–water partition coefficient (Wildman–Crippen LogP) is 3.37. The minimum Gasteiger partial charge on any atom is -0.201 e. The first-order valence-corrected chi connectivity index (χ1v) is 13.3. The third-order valence-electron chi connectivity index (χ3n) is 8.26. The Morgan fingerprint density at radius 3 is 1.69 bits per heavy atom. The van der Waals surface area contributed by atoms with Crippen LogP contribution in [0, 0.1) is 41.3 Å². The van der Waals surface area contributed by atoms with Gasteiger partial charge in [0.15, 0.2) is 6.20 Å². The molecule has 5 aromatic rings. The van der Waals surface area contributed by atoms with Crippen LogP contribution in [0.1, 0.15) is 45.7 Å². The number of pyridine rings is 1. The standard InChI is InChI=1S/C36H36B2N/c1-23-18-19-39(7)34(20-23)29-22-33-32(21-28(29)6)37(35-24(2)12-10-13-25(35)3)30-16-8-9-17-31(30)38(33)36-26(4)14-11-15-27(36)5/h8-22H,1-7H3/q+1/i2D3,4D3,5D3. The lowest BCUT2D eigenvalue weighted by atomic mass is 9.20. The largest absolute Gasteiger partial charge is 0.240 e. The fraction of sp³-hybridized carbons (Fsp3) is 0.194. The van der Waals surface area contributed by atoms with E-state index in [-0.39, 0.29) is 22.2 Å². The Kier molecular flexibility index (Phi) is 4.23. The average Bonchev–Trinajstić information content (AvgIpc) is 2.99. The third-order valence-corrected chi connectivity index (χ3v) is 8.26. The maximum absolute atomic E-state index is 8.55. The fourth-order valence-electron chi connectivity index (χ4n) is 6.40. The lowest BCUT2D eigenvalue weighted by molar-refractivity contribution is -0.660. The number of aromatic nitrogens is 1. The zero-order chi connectivity index (χ0) is 34.9. The van der Waals surface area contributed by atoms with Crippen LogP contribution in [0.3, 0.4) is 0 Å². The van der Waals surface area contributed by atoms with E-state index >= 15 is 0 Å². The van der Waals surface area contributed by atoms with E-state index in [2.05, 4.69) is 18.2 Å². The fourth-order valence-corrected chi connectivity index (χ4v) is 6.40. The molecule has 39 heavy (non-hydrogen) atoms. The molecule has 1 aliphatic rings. The quantitative estimate of drug-likeness (QED) is 0.253. The summed E-state index contributed by atoms with van der Waals surface area (Å²) in [7, 11) is 1.97. The van der Waals surface area contributed by atoms with Crippen LogP contribution in [-0.2, 0) is 7.05 Å². The van der Waals surface area contributed by atoms with Crippen molar-refractivity contribution in [3.8, 4) is 11.3 Å². The first-order chi connectivity index (χ1) is 22.4. The number of nitrogens with zero attached hydrogens (tertiary/aromatic N) is 1. The van der Waals surface area contributed by atoms with Gasteiger partial charge in [-0.15, -0.1) is 0 Å². The molecule has 0 radical (unpaired) electrons. The van der Waals surface area contributed by atoms with Crippen LogP contribution in [0.2, 0.25) is 0 Å². The molecule has 0 N–H and O–H groups in total. The molecule has 1 aliphatic heterocycles. The molecule has 0 fully saturated rings. The second kappa shape index (κ2) is 9.72. The van der Waals surface area contributed by atoms with Crippen LogP contribution in [0.15, 0.2) is 91.1 Å². The Labute approximate surface area is 247 Å². The van der Waals surface area contributed by atoms with Crippen LogP contribution in [0.25, 0.3) is 11.3 Å². The highest BCUT2D eigenvalue weighted by Gasteiger charge is 2.41. The van der Waals surface area contributed by atoms with Gasteiger partial charge < -0.3 is 0 Å². The second-order valence-corrected chi connectivity index (χ2v) is 10.8. The van der Waals surface area contributed by atoms with Crippen LogP contribution in [0.5, 0.6) is 0 Å². The highest BCUT2D eigenvalue weighted by molar-refractivity contribution is 7.11. The summed E-state index contributed by atoms with van der Waals surface area (Å²) < 4.78 is 78.8. The first kappa shape index (κ1) is 17.0. The van der Waals surface area contributed by atoms with E-state index in [1.807, 2.05) is 75.0 Å². The van der Waals surface area contributed by atoms with Crippen molar-refractivity contribution in [2.45, 2.75) is 41.3 Å². The minimum atomic E-state index is -2.59. The van der Waals surface area contributed by atoms with E-state index in [0.717, 1.165) is 49.8 Å². The van der Waals surface area contributed by atoms with Gasteiger partial charge in [0.2, 0.25) is 19.1 Å². The van der Waals surface area contributed by atoms with Gasteiger partial charge in [0.05, 0.1) is 0 Å². The van der Waals surface area contributed by atoms with Crippen molar-refractivity contribution in [1.82, 2.24) is 0 Å². The molecule has 0 amide bonds. The molecule has 190 valence electrons. The Morgan fingerprint density at radius 2 is 1.10 bits per heavy atom. The number of hydrogen-bond acceptors (Lipinski definition) is 0. The van der Waals surface area contributed by atoms with Crippen molar-refractivity contribution >= 4 is 46.2 Å². The molecule has 0 atom stereocenters. The summed E-state index contributed by atoms with van der Waals surface area (Å²) >= 11 is 0. The van der Waals surface area contributed by atoms with Crippen LogP contribution in [-0.4, -0.2) is 13.4 Å². The lowest BCUT2D eigenvalue weighted by Crippen LogP contribution is -2.76. The van der Waals surface area contributed by atoms with E-state index in [9.17, 15) is 0 Å². The summed E-state index contributed by atoms with van der Waals surface area (Å²) in [5.41, 5.74) is 9.03. The van der Waals surface area contributed by atoms with Crippen molar-refractivity contribution < 1.29 is 16.9 Å². The number of rotatable bonds is 3. The van der Waals surface area contributed by atoms with Gasteiger partial charge in [0.25, 0.3) is 0 Å². The Bertz CT molecular complexity index is 2030. The molecule has 3 heteroatoms. The molecule has 2 heterocycles. The molecule has 0 unspecified atom stereocenters. The first-order valence-electron chi connectivity index (χ1n) is 17.8. The molecule has 0 spiro atoms. The normalized spacial score (nSPS) is 16.8. The van der Waals surface area contributed by atoms with E-state index in [4.69, 9.17) is 12.3 Å². The van der Waals surface area contributed by atoms with Gasteiger partial charge in [0.1, 0.15) is 7.05 Å². The van der Waals surface area contributed by atoms with Gasteiger partial charge in [-0.1, -0.05) is 128 Å². The molecular formula is C36H36B2N+. The van der Waals surface area contributed by atoms with E-state index < -0.39 is 34.0 Å². The molecule has 1 aromatic heterocycles. The van der Waals surface area contributed by atoms with Crippen LogP contribution < -0.4 is 37.3 Å². The number of benzene rings is 4. The summed E-state index contributed by atoms with van der Waals surface area (Å²) in [5, 5.41) is 0. The Hall–Kier alpha value is -3.84. The van der Waals surface area contributed by atoms with Gasteiger partial charge in [0, 0.05) is 30.0 Å². The number of fused-ring (bicyclic) bond motifs is 2. The summed E-state index contributed by atoms with van der Waals surface area (Å²) in [6.45, 7) is -2.86. The molecule has 0 aliphatic carbocycles. The minimum absolute atomic E-state index is 0.0114. The molecule has 1 nitrogen and oxygen atoms in total. The van der Waals surface area contributed by atoms with Crippen molar-refractivity contribution in [3.63, 3.8) is 0 Å². The van der Waals surface area contributed by atoms with Crippen molar-refractivity contribution in [1.29, 1.82) is 0 Å². The molecule has 0 saturated heterocycles. The zero-order valence-corrected chi connectivity index (χ0v) is 22.8. The SMILES string of the molecule is [2H]C([2H])([2H])c1cccc(C)c1B1c2ccccc2B(c2c(C([2H])([2H])[2H])cccc2C([2H])([2H])[2H])c2cc(-c3cc(C)cc[n+]3C)c(C)cc21. The number of hydrogen-bond donors (Lipinski definition) is 0. The highest BCUT2D eigenvalue weighted by atomic mass is 14.9. The van der Waals surface area contributed by atoms with E-state index in [1.165, 1.54) is 18.2 Å². The summed E-state index contributed by atoms with van der Waals surface area (Å²) in [6, 6.07) is 25.8. The lowest BCUT2D eigenvalue weighted by Gasteiger charge is -2.35. The van der Waals surface area contributed by atoms with Gasteiger partial charge in [-0.3, -0.25) is 0 Å². The highest BCUT2D eigenvalue weighted by Crippen LogP contribution is 2.21. The maximum Gasteiger partial charge on any atom is 0.240 e. The average molecular weight is 513 g/mol. The monoisotopic (exact) mass is 513 g/mol. The van der Waals surface area contributed by atoms with Gasteiger partial charge in [-0.25, -0.2) is 4.57 Å². The maximum atomic E-state index is 8.55. The van der Waals surface area contributed by atoms with Crippen molar-refractivity contribution in [2.24, 2.45) is 7.05 Å². The van der Waals surface area contributed by atoms with E-state index in [1.54, 1.807) is 12.1 Å². The number of aryl methyl sites for hydroxylation is 7. The molecule has 0 saturated carbocycles. The van der Waals surface area contributed by atoms with Gasteiger partial charge in [-0.2, -0.15) is 0 Å². The topological polar surface area (TPSA) is 3.88 Å². The van der Waals surface area contributed by atoms with Crippen LogP contribution >= 0.6 is 0 Å². The second-order valence-electron chi connectivity index (χ2n) is 10.8. The molecule has 6 rings (SSSR count). The summed E-state index contributed by atoms with van der Waals surface area (Å²) in [4.78, 5) is 0. The van der Waals surface area contributed by atoms with E-state index in [0.29, 0.717) is 5.46 Å². The predicted molar refractivity (Wildman–Crippen MR) is 170 cm³/mol. The summed E-state index contributed by atoms with van der Waals surface area (Å²) in [6.07, 6.45) is 1.99. The third kappa shape index (κ3) is 4.16. The Morgan fingerprint density at radius 1 is 0.564 bits per heavy atom. The smallest absolute Gasteiger partial charge is 0.201 e. The molecule has 4 aromatic carbocycles. The molecule has 0 bridgehead atoms. The van der Waals surface area contributed by atoms with Crippen molar-refractivity contribution in [2.75, 3.05) is 0 Å². The molecular weight excluding hydrogens is 468 g/mol. The summed E-state index contributed by atoms with van der Waals surface area (Å²) in [5.74, 6) is 0. The van der Waals surface area contributed by atoms with Gasteiger partial charge in [-0.05, 0) is 52.5 Å². The van der Waals surface area contributed by atoms with Crippen LogP contribution in [0.4, 0.5) is 0 Å². The van der Waals surface area contributed by atoms with Gasteiger partial charge >= 0.3 is 0 Å². The zero-order valence-electron chi connectivity index (χ0n) is 31.8.